The average Bonchev–Trinajstić information content (AvgIpc) is 3.08. The zero-order chi connectivity index (χ0) is 15.8. The van der Waals surface area contributed by atoms with Gasteiger partial charge in [0.1, 0.15) is 5.03 Å². The van der Waals surface area contributed by atoms with Crippen LogP contribution in [0.15, 0.2) is 40.0 Å². The molecule has 4 rings (SSSR count). The van der Waals surface area contributed by atoms with Gasteiger partial charge in [-0.3, -0.25) is 4.57 Å². The van der Waals surface area contributed by atoms with E-state index in [0.717, 1.165) is 20.9 Å². The van der Waals surface area contributed by atoms with Crippen molar-refractivity contribution in [3.8, 4) is 10.7 Å². The quantitative estimate of drug-likeness (QED) is 0.662. The minimum atomic E-state index is 0.514. The molecule has 0 spiro atoms. The topological polar surface area (TPSA) is 59.7 Å². The molecule has 8 heteroatoms. The molecule has 0 radical (unpaired) electrons. The van der Waals surface area contributed by atoms with Gasteiger partial charge in [0.15, 0.2) is 11.0 Å². The van der Waals surface area contributed by atoms with Crippen LogP contribution in [0.3, 0.4) is 0 Å². The molecule has 0 amide bonds. The Morgan fingerprint density at radius 3 is 2.83 bits per heavy atom. The highest BCUT2D eigenvalue weighted by Crippen LogP contribution is 2.42. The number of anilines is 1. The second kappa shape index (κ2) is 5.93. The van der Waals surface area contributed by atoms with Crippen molar-refractivity contribution in [2.75, 3.05) is 19.0 Å². The molecule has 1 aliphatic rings. The van der Waals surface area contributed by atoms with Gasteiger partial charge in [0.2, 0.25) is 5.95 Å². The van der Waals surface area contributed by atoms with Crippen LogP contribution in [0.5, 0.6) is 0 Å². The molecule has 0 atom stereocenters. The molecular formula is C15H16N6S2. The van der Waals surface area contributed by atoms with E-state index in [4.69, 9.17) is 0 Å². The highest BCUT2D eigenvalue weighted by Gasteiger charge is 2.30. The third-order valence-corrected chi connectivity index (χ3v) is 5.29. The molecule has 118 valence electrons. The summed E-state index contributed by atoms with van der Waals surface area (Å²) in [6.45, 7) is 0. The van der Waals surface area contributed by atoms with Crippen molar-refractivity contribution in [3.63, 3.8) is 0 Å². The number of rotatable bonds is 5. The standard InChI is InChI=1S/C15H16N6S2/c1-20(2)14-16-8-7-12(17-14)23-15-19-18-13(11-4-3-9-22-11)21(15)10-5-6-10/h3-4,7-10H,5-6H2,1-2H3. The summed E-state index contributed by atoms with van der Waals surface area (Å²) in [5, 5.41) is 12.7. The van der Waals surface area contributed by atoms with E-state index < -0.39 is 0 Å². The van der Waals surface area contributed by atoms with Gasteiger partial charge in [-0.15, -0.1) is 21.5 Å². The van der Waals surface area contributed by atoms with Crippen molar-refractivity contribution in [2.45, 2.75) is 29.1 Å². The fraction of sp³-hybridized carbons (Fsp3) is 0.333. The third kappa shape index (κ3) is 2.96. The average molecular weight is 344 g/mol. The van der Waals surface area contributed by atoms with E-state index >= 15 is 0 Å². The molecule has 3 aromatic heterocycles. The Kier molecular flexibility index (Phi) is 3.78. The zero-order valence-electron chi connectivity index (χ0n) is 12.9. The number of thiophene rings is 1. The summed E-state index contributed by atoms with van der Waals surface area (Å²) in [4.78, 5) is 11.9. The Bertz CT molecular complexity index is 807. The first-order chi connectivity index (χ1) is 11.2. The highest BCUT2D eigenvalue weighted by atomic mass is 32.2. The summed E-state index contributed by atoms with van der Waals surface area (Å²) >= 11 is 3.24. The summed E-state index contributed by atoms with van der Waals surface area (Å²) in [6, 6.07) is 6.57. The van der Waals surface area contributed by atoms with Gasteiger partial charge in [0.05, 0.1) is 4.88 Å². The lowest BCUT2D eigenvalue weighted by Gasteiger charge is -2.11. The van der Waals surface area contributed by atoms with Crippen molar-refractivity contribution in [1.29, 1.82) is 0 Å². The molecule has 3 aromatic rings. The van der Waals surface area contributed by atoms with Crippen LogP contribution in [0.25, 0.3) is 10.7 Å². The van der Waals surface area contributed by atoms with E-state index in [9.17, 15) is 0 Å². The minimum Gasteiger partial charge on any atom is -0.347 e. The van der Waals surface area contributed by atoms with Gasteiger partial charge in [-0.2, -0.15) is 0 Å². The first-order valence-corrected chi connectivity index (χ1v) is 9.09. The van der Waals surface area contributed by atoms with Crippen molar-refractivity contribution in [2.24, 2.45) is 0 Å². The van der Waals surface area contributed by atoms with E-state index in [-0.39, 0.29) is 0 Å². The third-order valence-electron chi connectivity index (χ3n) is 3.53. The van der Waals surface area contributed by atoms with Gasteiger partial charge >= 0.3 is 0 Å². The number of hydrogen-bond acceptors (Lipinski definition) is 7. The number of hydrogen-bond donors (Lipinski definition) is 0. The second-order valence-electron chi connectivity index (χ2n) is 5.58. The maximum absolute atomic E-state index is 4.56. The van der Waals surface area contributed by atoms with E-state index in [1.807, 2.05) is 31.1 Å². The molecule has 1 saturated carbocycles. The predicted octanol–water partition coefficient (Wildman–Crippen LogP) is 3.35. The molecule has 1 aliphatic carbocycles. The molecule has 0 aliphatic heterocycles. The first kappa shape index (κ1) is 14.6. The van der Waals surface area contributed by atoms with E-state index in [1.54, 1.807) is 29.3 Å². The molecule has 0 bridgehead atoms. The number of nitrogens with zero attached hydrogens (tertiary/aromatic N) is 6. The Morgan fingerprint density at radius 1 is 1.26 bits per heavy atom. The monoisotopic (exact) mass is 344 g/mol. The van der Waals surface area contributed by atoms with E-state index in [0.29, 0.717) is 12.0 Å². The Labute approximate surface area is 142 Å². The molecule has 0 saturated heterocycles. The van der Waals surface area contributed by atoms with E-state index in [1.165, 1.54) is 12.8 Å². The van der Waals surface area contributed by atoms with Crippen LogP contribution in [0.4, 0.5) is 5.95 Å². The molecule has 0 aromatic carbocycles. The molecular weight excluding hydrogens is 328 g/mol. The Hall–Kier alpha value is -1.93. The minimum absolute atomic E-state index is 0.514. The van der Waals surface area contributed by atoms with Crippen LogP contribution in [0.2, 0.25) is 0 Å². The van der Waals surface area contributed by atoms with Gasteiger partial charge in [-0.05, 0) is 42.1 Å². The van der Waals surface area contributed by atoms with Crippen molar-refractivity contribution in [3.05, 3.63) is 29.8 Å². The van der Waals surface area contributed by atoms with Gasteiger partial charge in [-0.25, -0.2) is 9.97 Å². The normalized spacial score (nSPS) is 14.2. The molecule has 6 nitrogen and oxygen atoms in total. The van der Waals surface area contributed by atoms with Gasteiger partial charge in [0.25, 0.3) is 0 Å². The first-order valence-electron chi connectivity index (χ1n) is 7.39. The molecule has 0 unspecified atom stereocenters. The van der Waals surface area contributed by atoms with Crippen LogP contribution < -0.4 is 4.90 Å². The van der Waals surface area contributed by atoms with Gasteiger partial charge < -0.3 is 4.90 Å². The fourth-order valence-corrected chi connectivity index (χ4v) is 3.84. The lowest BCUT2D eigenvalue weighted by Crippen LogP contribution is -2.12. The Balaban J connectivity index is 1.68. The molecule has 1 fully saturated rings. The van der Waals surface area contributed by atoms with E-state index in [2.05, 4.69) is 36.2 Å². The summed E-state index contributed by atoms with van der Waals surface area (Å²) in [7, 11) is 3.87. The summed E-state index contributed by atoms with van der Waals surface area (Å²) in [5.74, 6) is 1.66. The molecule has 23 heavy (non-hydrogen) atoms. The van der Waals surface area contributed by atoms with Crippen LogP contribution in [-0.2, 0) is 0 Å². The second-order valence-corrected chi connectivity index (χ2v) is 7.51. The summed E-state index contributed by atoms with van der Waals surface area (Å²) in [6.07, 6.45) is 4.16. The van der Waals surface area contributed by atoms with Crippen molar-refractivity contribution >= 4 is 29.0 Å². The van der Waals surface area contributed by atoms with Gasteiger partial charge in [0, 0.05) is 26.3 Å². The molecule has 3 heterocycles. The van der Waals surface area contributed by atoms with Crippen molar-refractivity contribution < 1.29 is 0 Å². The van der Waals surface area contributed by atoms with Crippen LogP contribution >= 0.6 is 23.1 Å². The predicted molar refractivity (Wildman–Crippen MR) is 92.1 cm³/mol. The number of aromatic nitrogens is 5. The van der Waals surface area contributed by atoms with Crippen LogP contribution in [0.1, 0.15) is 18.9 Å². The zero-order valence-corrected chi connectivity index (χ0v) is 14.5. The smallest absolute Gasteiger partial charge is 0.225 e. The summed E-state index contributed by atoms with van der Waals surface area (Å²) in [5.41, 5.74) is 0. The largest absolute Gasteiger partial charge is 0.347 e. The maximum Gasteiger partial charge on any atom is 0.225 e. The van der Waals surface area contributed by atoms with Crippen LogP contribution in [0, 0.1) is 0 Å². The lowest BCUT2D eigenvalue weighted by molar-refractivity contribution is 0.669. The van der Waals surface area contributed by atoms with Gasteiger partial charge in [-0.1, -0.05) is 6.07 Å². The maximum atomic E-state index is 4.56. The van der Waals surface area contributed by atoms with Crippen LogP contribution in [-0.4, -0.2) is 38.8 Å². The SMILES string of the molecule is CN(C)c1nccc(Sc2nnc(-c3cccs3)n2C2CC2)n1. The molecule has 0 N–H and O–H groups in total. The fourth-order valence-electron chi connectivity index (χ4n) is 2.28. The van der Waals surface area contributed by atoms with Crippen molar-refractivity contribution in [1.82, 2.24) is 24.7 Å². The highest BCUT2D eigenvalue weighted by molar-refractivity contribution is 7.99. The summed E-state index contributed by atoms with van der Waals surface area (Å²) < 4.78 is 2.26. The lowest BCUT2D eigenvalue weighted by atomic mass is 10.4. The Morgan fingerprint density at radius 2 is 2.13 bits per heavy atom.